The zero-order valence-electron chi connectivity index (χ0n) is 13.4. The molecule has 1 aromatic carbocycles. The number of rotatable bonds is 4. The van der Waals surface area contributed by atoms with Crippen molar-refractivity contribution in [2.75, 3.05) is 14.2 Å². The number of methoxy groups -OCH3 is 2. The standard InChI is InChI=1S/C16H20N2O4/c1-16(2,3)15(19)22-18-9-8-12(17-18)11-6-7-13(20-4)14(10-11)21-5/h6-10H,1-5H3. The third-order valence-electron chi connectivity index (χ3n) is 3.03. The lowest BCUT2D eigenvalue weighted by molar-refractivity contribution is -0.155. The number of ether oxygens (including phenoxy) is 2. The molecular weight excluding hydrogens is 284 g/mol. The number of aromatic nitrogens is 2. The predicted molar refractivity (Wildman–Crippen MR) is 81.8 cm³/mol. The van der Waals surface area contributed by atoms with Gasteiger partial charge in [0.15, 0.2) is 11.5 Å². The van der Waals surface area contributed by atoms with Crippen LogP contribution < -0.4 is 14.3 Å². The molecule has 0 fully saturated rings. The van der Waals surface area contributed by atoms with Crippen molar-refractivity contribution < 1.29 is 19.1 Å². The molecule has 0 N–H and O–H groups in total. The van der Waals surface area contributed by atoms with E-state index >= 15 is 0 Å². The average Bonchev–Trinajstić information content (AvgIpc) is 2.94. The van der Waals surface area contributed by atoms with E-state index in [1.165, 1.54) is 4.85 Å². The predicted octanol–water partition coefficient (Wildman–Crippen LogP) is 2.57. The van der Waals surface area contributed by atoms with Crippen molar-refractivity contribution >= 4 is 5.97 Å². The first-order chi connectivity index (χ1) is 10.3. The highest BCUT2D eigenvalue weighted by atomic mass is 16.7. The second-order valence-corrected chi connectivity index (χ2v) is 5.80. The maximum Gasteiger partial charge on any atom is 0.340 e. The van der Waals surface area contributed by atoms with Gasteiger partial charge in [-0.25, -0.2) is 4.79 Å². The molecule has 118 valence electrons. The summed E-state index contributed by atoms with van der Waals surface area (Å²) < 4.78 is 10.5. The first-order valence-corrected chi connectivity index (χ1v) is 6.86. The fourth-order valence-corrected chi connectivity index (χ4v) is 1.73. The van der Waals surface area contributed by atoms with Gasteiger partial charge < -0.3 is 14.3 Å². The molecule has 0 aliphatic heterocycles. The van der Waals surface area contributed by atoms with E-state index in [9.17, 15) is 4.79 Å². The van der Waals surface area contributed by atoms with Gasteiger partial charge in [-0.3, -0.25) is 0 Å². The van der Waals surface area contributed by atoms with E-state index in [1.807, 2.05) is 12.1 Å². The van der Waals surface area contributed by atoms with Crippen LogP contribution >= 0.6 is 0 Å². The minimum Gasteiger partial charge on any atom is -0.493 e. The summed E-state index contributed by atoms with van der Waals surface area (Å²) in [6, 6.07) is 7.24. The second-order valence-electron chi connectivity index (χ2n) is 5.80. The highest BCUT2D eigenvalue weighted by molar-refractivity contribution is 5.75. The van der Waals surface area contributed by atoms with Crippen molar-refractivity contribution in [3.63, 3.8) is 0 Å². The van der Waals surface area contributed by atoms with Crippen LogP contribution in [-0.4, -0.2) is 30.1 Å². The van der Waals surface area contributed by atoms with Gasteiger partial charge in [0.1, 0.15) is 0 Å². The Bertz CT molecular complexity index is 671. The highest BCUT2D eigenvalue weighted by Gasteiger charge is 2.24. The van der Waals surface area contributed by atoms with Gasteiger partial charge in [-0.1, -0.05) is 4.85 Å². The zero-order chi connectivity index (χ0) is 16.3. The van der Waals surface area contributed by atoms with E-state index in [4.69, 9.17) is 14.3 Å². The van der Waals surface area contributed by atoms with Crippen LogP contribution in [-0.2, 0) is 4.79 Å². The summed E-state index contributed by atoms with van der Waals surface area (Å²) in [5.41, 5.74) is 0.918. The molecule has 0 spiro atoms. The van der Waals surface area contributed by atoms with Crippen molar-refractivity contribution in [2.24, 2.45) is 5.41 Å². The van der Waals surface area contributed by atoms with Crippen LogP contribution in [0.25, 0.3) is 11.3 Å². The topological polar surface area (TPSA) is 62.6 Å². The maximum absolute atomic E-state index is 11.8. The fourth-order valence-electron chi connectivity index (χ4n) is 1.73. The molecule has 0 bridgehead atoms. The Morgan fingerprint density at radius 3 is 2.36 bits per heavy atom. The summed E-state index contributed by atoms with van der Waals surface area (Å²) in [5.74, 6) is 0.903. The molecule has 6 heteroatoms. The summed E-state index contributed by atoms with van der Waals surface area (Å²) in [6.45, 7) is 5.36. The van der Waals surface area contributed by atoms with Crippen LogP contribution in [0.2, 0.25) is 0 Å². The molecule has 1 heterocycles. The molecule has 0 unspecified atom stereocenters. The van der Waals surface area contributed by atoms with Gasteiger partial charge in [-0.05, 0) is 45.0 Å². The first-order valence-electron chi connectivity index (χ1n) is 6.86. The lowest BCUT2D eigenvalue weighted by Gasteiger charge is -2.15. The summed E-state index contributed by atoms with van der Waals surface area (Å²) >= 11 is 0. The van der Waals surface area contributed by atoms with Crippen LogP contribution in [0.5, 0.6) is 11.5 Å². The Balaban J connectivity index is 2.23. The molecule has 0 atom stereocenters. The van der Waals surface area contributed by atoms with Crippen LogP contribution in [0.15, 0.2) is 30.5 Å². The first kappa shape index (κ1) is 15.9. The number of carbonyl (C=O) groups excluding carboxylic acids is 1. The average molecular weight is 304 g/mol. The Labute approximate surface area is 129 Å². The molecule has 1 aromatic heterocycles. The number of carbonyl (C=O) groups is 1. The molecule has 2 aromatic rings. The fraction of sp³-hybridized carbons (Fsp3) is 0.375. The van der Waals surface area contributed by atoms with Crippen LogP contribution in [0.4, 0.5) is 0 Å². The summed E-state index contributed by atoms with van der Waals surface area (Å²) in [7, 11) is 3.16. The highest BCUT2D eigenvalue weighted by Crippen LogP contribution is 2.31. The number of hydrogen-bond acceptors (Lipinski definition) is 5. The van der Waals surface area contributed by atoms with Crippen molar-refractivity contribution in [2.45, 2.75) is 20.8 Å². The van der Waals surface area contributed by atoms with Crippen LogP contribution in [0.1, 0.15) is 20.8 Å². The minimum absolute atomic E-state index is 0.352. The Hall–Kier alpha value is -2.50. The smallest absolute Gasteiger partial charge is 0.340 e. The van der Waals surface area contributed by atoms with Gasteiger partial charge >= 0.3 is 5.97 Å². The quantitative estimate of drug-likeness (QED) is 0.868. The molecule has 0 radical (unpaired) electrons. The summed E-state index contributed by atoms with van der Waals surface area (Å²) in [5, 5.41) is 4.24. The molecule has 0 saturated carbocycles. The lowest BCUT2D eigenvalue weighted by Crippen LogP contribution is -2.31. The van der Waals surface area contributed by atoms with Gasteiger partial charge in [-0.15, -0.1) is 5.10 Å². The molecule has 0 aliphatic rings. The molecule has 0 aliphatic carbocycles. The van der Waals surface area contributed by atoms with Gasteiger partial charge in [0, 0.05) is 5.56 Å². The zero-order valence-corrected chi connectivity index (χ0v) is 13.4. The molecular formula is C16H20N2O4. The van der Waals surface area contributed by atoms with E-state index in [0.29, 0.717) is 17.2 Å². The van der Waals surface area contributed by atoms with E-state index in [-0.39, 0.29) is 5.97 Å². The van der Waals surface area contributed by atoms with Crippen molar-refractivity contribution in [3.05, 3.63) is 30.5 Å². The van der Waals surface area contributed by atoms with E-state index in [1.54, 1.807) is 53.3 Å². The van der Waals surface area contributed by atoms with E-state index in [0.717, 1.165) is 5.56 Å². The van der Waals surface area contributed by atoms with Crippen molar-refractivity contribution in [1.82, 2.24) is 9.94 Å². The molecule has 2 rings (SSSR count). The van der Waals surface area contributed by atoms with Crippen LogP contribution in [0, 0.1) is 5.41 Å². The number of hydrogen-bond donors (Lipinski definition) is 0. The molecule has 6 nitrogen and oxygen atoms in total. The monoisotopic (exact) mass is 304 g/mol. The van der Waals surface area contributed by atoms with Crippen molar-refractivity contribution in [3.8, 4) is 22.8 Å². The van der Waals surface area contributed by atoms with Gasteiger partial charge in [-0.2, -0.15) is 0 Å². The van der Waals surface area contributed by atoms with Gasteiger partial charge in [0.2, 0.25) is 0 Å². The molecule has 0 saturated heterocycles. The summed E-state index contributed by atoms with van der Waals surface area (Å²) in [6.07, 6.45) is 1.59. The summed E-state index contributed by atoms with van der Waals surface area (Å²) in [4.78, 5) is 18.2. The third kappa shape index (κ3) is 3.39. The Kier molecular flexibility index (Phi) is 4.40. The second kappa shape index (κ2) is 6.09. The third-order valence-corrected chi connectivity index (χ3v) is 3.03. The SMILES string of the molecule is COc1ccc(-c2ccn(OC(=O)C(C)(C)C)n2)cc1OC. The molecule has 22 heavy (non-hydrogen) atoms. The van der Waals surface area contributed by atoms with Crippen LogP contribution in [0.3, 0.4) is 0 Å². The molecule has 0 amide bonds. The normalized spacial score (nSPS) is 11.1. The van der Waals surface area contributed by atoms with Crippen molar-refractivity contribution in [1.29, 1.82) is 0 Å². The minimum atomic E-state index is -0.588. The Morgan fingerprint density at radius 2 is 1.77 bits per heavy atom. The number of benzene rings is 1. The van der Waals surface area contributed by atoms with E-state index in [2.05, 4.69) is 5.10 Å². The van der Waals surface area contributed by atoms with E-state index < -0.39 is 5.41 Å². The largest absolute Gasteiger partial charge is 0.493 e. The lowest BCUT2D eigenvalue weighted by atomic mass is 9.98. The Morgan fingerprint density at radius 1 is 1.09 bits per heavy atom. The maximum atomic E-state index is 11.8. The van der Waals surface area contributed by atoms with Gasteiger partial charge in [0.25, 0.3) is 0 Å². The number of nitrogens with zero attached hydrogens (tertiary/aromatic N) is 2. The van der Waals surface area contributed by atoms with Gasteiger partial charge in [0.05, 0.1) is 31.5 Å².